The molecular weight excluding hydrogens is 236 g/mol. The number of thioether (sulfide) groups is 1. The molecule has 100 valence electrons. The first-order chi connectivity index (χ1) is 8.08. The van der Waals surface area contributed by atoms with E-state index in [1.165, 1.54) is 0 Å². The molecule has 1 heterocycles. The van der Waals surface area contributed by atoms with Gasteiger partial charge in [0, 0.05) is 17.3 Å². The molecule has 17 heavy (non-hydrogen) atoms. The van der Waals surface area contributed by atoms with Gasteiger partial charge in [0.25, 0.3) is 0 Å². The summed E-state index contributed by atoms with van der Waals surface area (Å²) in [6, 6.07) is -0.151. The van der Waals surface area contributed by atoms with E-state index in [1.54, 1.807) is 0 Å². The predicted octanol–water partition coefficient (Wildman–Crippen LogP) is 0.998. The predicted molar refractivity (Wildman–Crippen MR) is 72.1 cm³/mol. The number of carbonyl (C=O) groups is 1. The number of nitrogens with one attached hydrogen (secondary N) is 1. The Morgan fingerprint density at radius 2 is 2.12 bits per heavy atom. The third kappa shape index (κ3) is 3.60. The first-order valence-corrected chi connectivity index (χ1v) is 7.47. The van der Waals surface area contributed by atoms with Gasteiger partial charge in [-0.05, 0) is 19.1 Å². The van der Waals surface area contributed by atoms with Crippen LogP contribution in [0.25, 0.3) is 0 Å². The molecule has 0 aromatic heterocycles. The van der Waals surface area contributed by atoms with Crippen molar-refractivity contribution < 1.29 is 9.53 Å². The Morgan fingerprint density at radius 1 is 1.47 bits per heavy atom. The maximum absolute atomic E-state index is 12.0. The summed E-state index contributed by atoms with van der Waals surface area (Å²) in [6.07, 6.45) is 4.21. The van der Waals surface area contributed by atoms with Crippen LogP contribution in [0.1, 0.15) is 26.7 Å². The average molecular weight is 260 g/mol. The second-order valence-corrected chi connectivity index (χ2v) is 5.89. The van der Waals surface area contributed by atoms with Crippen molar-refractivity contribution in [1.82, 2.24) is 5.32 Å². The van der Waals surface area contributed by atoms with Crippen molar-refractivity contribution >= 4 is 17.7 Å². The fourth-order valence-corrected chi connectivity index (χ4v) is 2.87. The Kier molecular flexibility index (Phi) is 5.76. The maximum atomic E-state index is 12.0. The minimum absolute atomic E-state index is 0.0373. The molecular formula is C12H24N2O2S. The van der Waals surface area contributed by atoms with Crippen LogP contribution in [0.2, 0.25) is 0 Å². The number of carbonyl (C=O) groups excluding carboxylic acids is 1. The fraction of sp³-hybridized carbons (Fsp3) is 0.917. The zero-order valence-electron chi connectivity index (χ0n) is 11.0. The largest absolute Gasteiger partial charge is 0.379 e. The summed E-state index contributed by atoms with van der Waals surface area (Å²) < 4.78 is 5.36. The normalized spacial score (nSPS) is 24.9. The highest BCUT2D eigenvalue weighted by Crippen LogP contribution is 2.29. The van der Waals surface area contributed by atoms with Crippen LogP contribution in [0.4, 0.5) is 0 Å². The number of hydrogen-bond donors (Lipinski definition) is 2. The smallest absolute Gasteiger partial charge is 0.227 e. The standard InChI is InChI=1S/C12H24N2O2S/c1-4-12(5-2,17-3)8-14-11(15)9-6-16-7-10(9)13/h9-10H,4-8,13H2,1-3H3,(H,14,15). The molecule has 0 radical (unpaired) electrons. The minimum atomic E-state index is -0.178. The van der Waals surface area contributed by atoms with Crippen molar-refractivity contribution in [1.29, 1.82) is 0 Å². The highest BCUT2D eigenvalue weighted by atomic mass is 32.2. The lowest BCUT2D eigenvalue weighted by atomic mass is 10.0. The van der Waals surface area contributed by atoms with Gasteiger partial charge in [-0.15, -0.1) is 0 Å². The van der Waals surface area contributed by atoms with E-state index in [0.717, 1.165) is 12.8 Å². The van der Waals surface area contributed by atoms with Gasteiger partial charge in [0.15, 0.2) is 0 Å². The van der Waals surface area contributed by atoms with Crippen molar-refractivity contribution in [3.8, 4) is 0 Å². The number of nitrogens with two attached hydrogens (primary N) is 1. The number of hydrogen-bond acceptors (Lipinski definition) is 4. The van der Waals surface area contributed by atoms with E-state index in [0.29, 0.717) is 19.8 Å². The van der Waals surface area contributed by atoms with E-state index in [9.17, 15) is 4.79 Å². The van der Waals surface area contributed by atoms with Gasteiger partial charge >= 0.3 is 0 Å². The molecule has 1 aliphatic rings. The summed E-state index contributed by atoms with van der Waals surface area (Å²) in [7, 11) is 0. The molecule has 0 saturated carbocycles. The van der Waals surface area contributed by atoms with E-state index < -0.39 is 0 Å². The van der Waals surface area contributed by atoms with Crippen molar-refractivity contribution in [2.24, 2.45) is 11.7 Å². The maximum Gasteiger partial charge on any atom is 0.227 e. The van der Waals surface area contributed by atoms with Gasteiger partial charge in [-0.2, -0.15) is 11.8 Å². The van der Waals surface area contributed by atoms with E-state index in [4.69, 9.17) is 10.5 Å². The van der Waals surface area contributed by atoms with Gasteiger partial charge < -0.3 is 15.8 Å². The first kappa shape index (κ1) is 14.8. The molecule has 1 amide bonds. The number of ether oxygens (including phenoxy) is 1. The highest BCUT2D eigenvalue weighted by molar-refractivity contribution is 8.00. The van der Waals surface area contributed by atoms with Crippen molar-refractivity contribution in [3.63, 3.8) is 0 Å². The van der Waals surface area contributed by atoms with E-state index in [1.807, 2.05) is 11.8 Å². The summed E-state index contributed by atoms with van der Waals surface area (Å²) in [6.45, 7) is 5.99. The van der Waals surface area contributed by atoms with E-state index in [2.05, 4.69) is 25.4 Å². The second-order valence-electron chi connectivity index (χ2n) is 4.62. The Morgan fingerprint density at radius 3 is 2.53 bits per heavy atom. The quantitative estimate of drug-likeness (QED) is 0.748. The third-order valence-electron chi connectivity index (χ3n) is 3.77. The summed E-state index contributed by atoms with van der Waals surface area (Å²) >= 11 is 1.83. The second kappa shape index (κ2) is 6.61. The molecule has 1 saturated heterocycles. The van der Waals surface area contributed by atoms with E-state index >= 15 is 0 Å². The lowest BCUT2D eigenvalue weighted by Gasteiger charge is -2.30. The summed E-state index contributed by atoms with van der Waals surface area (Å²) in [5.41, 5.74) is 5.83. The van der Waals surface area contributed by atoms with Crippen LogP contribution in [-0.4, -0.2) is 42.7 Å². The molecule has 1 fully saturated rings. The van der Waals surface area contributed by atoms with Crippen LogP contribution < -0.4 is 11.1 Å². The fourth-order valence-electron chi connectivity index (χ4n) is 2.08. The number of rotatable bonds is 6. The highest BCUT2D eigenvalue weighted by Gasteiger charge is 2.33. The van der Waals surface area contributed by atoms with Gasteiger partial charge in [0.2, 0.25) is 5.91 Å². The third-order valence-corrected chi connectivity index (χ3v) is 5.36. The van der Waals surface area contributed by atoms with Crippen LogP contribution >= 0.6 is 11.8 Å². The van der Waals surface area contributed by atoms with Gasteiger partial charge in [0.05, 0.1) is 19.1 Å². The lowest BCUT2D eigenvalue weighted by Crippen LogP contribution is -2.46. The Hall–Kier alpha value is -0.260. The Labute approximate surface area is 108 Å². The Balaban J connectivity index is 2.46. The van der Waals surface area contributed by atoms with Crippen molar-refractivity contribution in [3.05, 3.63) is 0 Å². The topological polar surface area (TPSA) is 64.3 Å². The van der Waals surface area contributed by atoms with Crippen LogP contribution in [0.5, 0.6) is 0 Å². The van der Waals surface area contributed by atoms with Gasteiger partial charge in [-0.25, -0.2) is 0 Å². The van der Waals surface area contributed by atoms with Gasteiger partial charge in [0.1, 0.15) is 0 Å². The van der Waals surface area contributed by atoms with Gasteiger partial charge in [-0.3, -0.25) is 4.79 Å². The van der Waals surface area contributed by atoms with Gasteiger partial charge in [-0.1, -0.05) is 13.8 Å². The summed E-state index contributed by atoms with van der Waals surface area (Å²) in [5.74, 6) is -0.140. The molecule has 4 nitrogen and oxygen atoms in total. The molecule has 2 unspecified atom stereocenters. The van der Waals surface area contributed by atoms with Crippen LogP contribution in [0.15, 0.2) is 0 Å². The minimum Gasteiger partial charge on any atom is -0.379 e. The molecule has 0 spiro atoms. The first-order valence-electron chi connectivity index (χ1n) is 6.24. The molecule has 2 atom stereocenters. The van der Waals surface area contributed by atoms with Crippen molar-refractivity contribution in [2.75, 3.05) is 26.0 Å². The molecule has 1 aliphatic heterocycles. The molecule has 0 bridgehead atoms. The van der Waals surface area contributed by atoms with Crippen LogP contribution in [-0.2, 0) is 9.53 Å². The summed E-state index contributed by atoms with van der Waals surface area (Å²) in [5, 5.41) is 3.03. The SMILES string of the molecule is CCC(CC)(CNC(=O)C1COCC1N)SC. The van der Waals surface area contributed by atoms with Crippen LogP contribution in [0, 0.1) is 5.92 Å². The molecule has 1 rings (SSSR count). The molecule has 5 heteroatoms. The molecule has 3 N–H and O–H groups in total. The average Bonchev–Trinajstić information content (AvgIpc) is 2.78. The molecule has 0 aliphatic carbocycles. The molecule has 0 aromatic rings. The molecule has 0 aromatic carbocycles. The van der Waals surface area contributed by atoms with Crippen LogP contribution in [0.3, 0.4) is 0 Å². The lowest BCUT2D eigenvalue weighted by molar-refractivity contribution is -0.125. The Bertz CT molecular complexity index is 249. The number of amides is 1. The summed E-state index contributed by atoms with van der Waals surface area (Å²) in [4.78, 5) is 12.0. The zero-order chi connectivity index (χ0) is 12.9. The van der Waals surface area contributed by atoms with Crippen molar-refractivity contribution in [2.45, 2.75) is 37.5 Å². The zero-order valence-corrected chi connectivity index (χ0v) is 11.8. The van der Waals surface area contributed by atoms with E-state index in [-0.39, 0.29) is 22.6 Å². The monoisotopic (exact) mass is 260 g/mol.